The van der Waals surface area contributed by atoms with Crippen molar-refractivity contribution in [3.8, 4) is 0 Å². The van der Waals surface area contributed by atoms with Gasteiger partial charge in [0.25, 0.3) is 0 Å². The Bertz CT molecular complexity index is 476. The van der Waals surface area contributed by atoms with E-state index in [1.807, 2.05) is 12.1 Å². The minimum absolute atomic E-state index is 0.396. The molecule has 2 rings (SSSR count). The summed E-state index contributed by atoms with van der Waals surface area (Å²) >= 11 is 5.92. The fraction of sp³-hybridized carbons (Fsp3) is 0.250. The number of hydrogen-bond acceptors (Lipinski definition) is 1. The first-order chi connectivity index (χ1) is 8.66. The highest BCUT2D eigenvalue weighted by molar-refractivity contribution is 6.30. The standard InChI is InChI=1S/C16H18ClN/c1-18(2)16(14-6-4-3-5-7-14)12-13-8-10-15(17)11-9-13/h3-11,16H,12H2,1-2H3/t16-/m1/s1. The van der Waals surface area contributed by atoms with Crippen LogP contribution in [0.5, 0.6) is 0 Å². The molecule has 94 valence electrons. The highest BCUT2D eigenvalue weighted by Gasteiger charge is 2.14. The van der Waals surface area contributed by atoms with Crippen LogP contribution in [0.4, 0.5) is 0 Å². The topological polar surface area (TPSA) is 3.24 Å². The van der Waals surface area contributed by atoms with Gasteiger partial charge in [-0.2, -0.15) is 0 Å². The lowest BCUT2D eigenvalue weighted by Crippen LogP contribution is -2.22. The van der Waals surface area contributed by atoms with E-state index in [0.29, 0.717) is 6.04 Å². The van der Waals surface area contributed by atoms with Crippen LogP contribution in [0, 0.1) is 0 Å². The SMILES string of the molecule is CN(C)[C@H](Cc1ccc(Cl)cc1)c1ccccc1. The second-order valence-corrected chi connectivity index (χ2v) is 5.16. The Morgan fingerprint density at radius 1 is 0.944 bits per heavy atom. The molecule has 0 aliphatic rings. The lowest BCUT2D eigenvalue weighted by atomic mass is 9.98. The van der Waals surface area contributed by atoms with Gasteiger partial charge in [-0.3, -0.25) is 0 Å². The third kappa shape index (κ3) is 3.34. The number of rotatable bonds is 4. The van der Waals surface area contributed by atoms with E-state index < -0.39 is 0 Å². The predicted molar refractivity (Wildman–Crippen MR) is 78.0 cm³/mol. The van der Waals surface area contributed by atoms with Crippen LogP contribution in [0.2, 0.25) is 5.02 Å². The van der Waals surface area contributed by atoms with Gasteiger partial charge in [-0.25, -0.2) is 0 Å². The fourth-order valence-corrected chi connectivity index (χ4v) is 2.24. The maximum absolute atomic E-state index is 5.92. The Morgan fingerprint density at radius 3 is 2.11 bits per heavy atom. The van der Waals surface area contributed by atoms with Gasteiger partial charge in [0.2, 0.25) is 0 Å². The summed E-state index contributed by atoms with van der Waals surface area (Å²) in [6.07, 6.45) is 0.994. The monoisotopic (exact) mass is 259 g/mol. The smallest absolute Gasteiger partial charge is 0.0406 e. The van der Waals surface area contributed by atoms with Gasteiger partial charge in [0.1, 0.15) is 0 Å². The van der Waals surface area contributed by atoms with E-state index in [-0.39, 0.29) is 0 Å². The van der Waals surface area contributed by atoms with E-state index in [1.54, 1.807) is 0 Å². The first kappa shape index (κ1) is 13.1. The average Bonchev–Trinajstić information content (AvgIpc) is 2.38. The molecule has 0 fully saturated rings. The molecule has 0 aromatic heterocycles. The molecule has 0 radical (unpaired) electrons. The molecule has 0 saturated carbocycles. The van der Waals surface area contributed by atoms with Crippen molar-refractivity contribution in [2.75, 3.05) is 14.1 Å². The summed E-state index contributed by atoms with van der Waals surface area (Å²) in [4.78, 5) is 2.25. The molecule has 1 atom stereocenters. The van der Waals surface area contributed by atoms with Crippen LogP contribution in [0.3, 0.4) is 0 Å². The summed E-state index contributed by atoms with van der Waals surface area (Å²) in [5.41, 5.74) is 2.65. The molecular weight excluding hydrogens is 242 g/mol. The zero-order valence-electron chi connectivity index (χ0n) is 10.8. The number of hydrogen-bond donors (Lipinski definition) is 0. The predicted octanol–water partition coefficient (Wildman–Crippen LogP) is 4.19. The van der Waals surface area contributed by atoms with Crippen molar-refractivity contribution >= 4 is 11.6 Å². The summed E-state index contributed by atoms with van der Waals surface area (Å²) in [6, 6.07) is 19.1. The number of benzene rings is 2. The van der Waals surface area contributed by atoms with Crippen LogP contribution in [0.25, 0.3) is 0 Å². The van der Waals surface area contributed by atoms with Crippen molar-refractivity contribution < 1.29 is 0 Å². The van der Waals surface area contributed by atoms with Gasteiger partial charge >= 0.3 is 0 Å². The fourth-order valence-electron chi connectivity index (χ4n) is 2.12. The number of nitrogens with zero attached hydrogens (tertiary/aromatic N) is 1. The van der Waals surface area contributed by atoms with E-state index in [2.05, 4.69) is 61.5 Å². The van der Waals surface area contributed by atoms with Gasteiger partial charge < -0.3 is 4.90 Å². The van der Waals surface area contributed by atoms with Gasteiger partial charge in [-0.1, -0.05) is 54.1 Å². The summed E-state index contributed by atoms with van der Waals surface area (Å²) in [5.74, 6) is 0. The maximum Gasteiger partial charge on any atom is 0.0406 e. The van der Waals surface area contributed by atoms with Crippen LogP contribution in [-0.4, -0.2) is 19.0 Å². The summed E-state index contributed by atoms with van der Waals surface area (Å²) in [5, 5.41) is 0.792. The molecule has 2 heteroatoms. The molecule has 0 N–H and O–H groups in total. The zero-order chi connectivity index (χ0) is 13.0. The molecule has 2 aromatic rings. The Balaban J connectivity index is 2.19. The third-order valence-electron chi connectivity index (χ3n) is 3.15. The van der Waals surface area contributed by atoms with Crippen molar-refractivity contribution in [3.05, 3.63) is 70.7 Å². The van der Waals surface area contributed by atoms with Gasteiger partial charge in [-0.05, 0) is 43.8 Å². The molecule has 0 heterocycles. The normalized spacial score (nSPS) is 12.7. The van der Waals surface area contributed by atoms with E-state index in [9.17, 15) is 0 Å². The highest BCUT2D eigenvalue weighted by Crippen LogP contribution is 2.23. The summed E-state index contributed by atoms with van der Waals surface area (Å²) in [6.45, 7) is 0. The van der Waals surface area contributed by atoms with Crippen molar-refractivity contribution in [1.29, 1.82) is 0 Å². The summed E-state index contributed by atoms with van der Waals surface area (Å²) in [7, 11) is 4.24. The first-order valence-corrected chi connectivity index (χ1v) is 6.50. The van der Waals surface area contributed by atoms with Gasteiger partial charge in [0.15, 0.2) is 0 Å². The number of halogens is 1. The van der Waals surface area contributed by atoms with Crippen molar-refractivity contribution in [1.82, 2.24) is 4.90 Å². The van der Waals surface area contributed by atoms with Gasteiger partial charge in [0, 0.05) is 11.1 Å². The minimum Gasteiger partial charge on any atom is -0.302 e. The van der Waals surface area contributed by atoms with Gasteiger partial charge in [-0.15, -0.1) is 0 Å². The molecule has 0 amide bonds. The molecule has 0 unspecified atom stereocenters. The van der Waals surface area contributed by atoms with Gasteiger partial charge in [0.05, 0.1) is 0 Å². The van der Waals surface area contributed by atoms with Crippen molar-refractivity contribution in [2.45, 2.75) is 12.5 Å². The molecule has 0 spiro atoms. The van der Waals surface area contributed by atoms with E-state index in [1.165, 1.54) is 11.1 Å². The molecular formula is C16H18ClN. The van der Waals surface area contributed by atoms with E-state index in [4.69, 9.17) is 11.6 Å². The zero-order valence-corrected chi connectivity index (χ0v) is 11.6. The lowest BCUT2D eigenvalue weighted by Gasteiger charge is -2.25. The minimum atomic E-state index is 0.396. The Labute approximate surface area is 114 Å². The second kappa shape index (κ2) is 6.03. The van der Waals surface area contributed by atoms with E-state index in [0.717, 1.165) is 11.4 Å². The molecule has 0 aliphatic carbocycles. The van der Waals surface area contributed by atoms with Crippen LogP contribution >= 0.6 is 11.6 Å². The van der Waals surface area contributed by atoms with Crippen LogP contribution in [0.1, 0.15) is 17.2 Å². The molecule has 0 saturated heterocycles. The van der Waals surface area contributed by atoms with Crippen molar-refractivity contribution in [2.24, 2.45) is 0 Å². The van der Waals surface area contributed by atoms with Crippen molar-refractivity contribution in [3.63, 3.8) is 0 Å². The first-order valence-electron chi connectivity index (χ1n) is 6.12. The number of likely N-dealkylation sites (N-methyl/N-ethyl adjacent to an activating group) is 1. The van der Waals surface area contributed by atoms with E-state index >= 15 is 0 Å². The average molecular weight is 260 g/mol. The summed E-state index contributed by atoms with van der Waals surface area (Å²) < 4.78 is 0. The third-order valence-corrected chi connectivity index (χ3v) is 3.40. The second-order valence-electron chi connectivity index (χ2n) is 4.72. The molecule has 0 bridgehead atoms. The quantitative estimate of drug-likeness (QED) is 0.796. The Kier molecular flexibility index (Phi) is 4.40. The maximum atomic E-state index is 5.92. The lowest BCUT2D eigenvalue weighted by molar-refractivity contribution is 0.297. The largest absolute Gasteiger partial charge is 0.302 e. The molecule has 18 heavy (non-hydrogen) atoms. The van der Waals surface area contributed by atoms with Crippen LogP contribution in [0.15, 0.2) is 54.6 Å². The Morgan fingerprint density at radius 2 is 1.56 bits per heavy atom. The molecule has 2 aromatic carbocycles. The van der Waals surface area contributed by atoms with Crippen LogP contribution < -0.4 is 0 Å². The Hall–Kier alpha value is -1.31. The highest BCUT2D eigenvalue weighted by atomic mass is 35.5. The molecule has 0 aliphatic heterocycles. The molecule has 1 nitrogen and oxygen atoms in total. The van der Waals surface area contributed by atoms with Crippen LogP contribution in [-0.2, 0) is 6.42 Å².